The largest absolute Gasteiger partial charge is 0.493 e. The number of ether oxygens (including phenoxy) is 2. The summed E-state index contributed by atoms with van der Waals surface area (Å²) in [5.74, 6) is 1.56. The summed E-state index contributed by atoms with van der Waals surface area (Å²) in [6.07, 6.45) is 3.00. The highest BCUT2D eigenvalue weighted by atomic mass is 79.9. The SMILES string of the molecule is CC(C)(C)OC(=O)NCC(NC1CCOc2ccc(Br)cc21)C1CC1. The molecule has 138 valence electrons. The second-order valence-electron chi connectivity index (χ2n) is 7.87. The van der Waals surface area contributed by atoms with Gasteiger partial charge in [-0.15, -0.1) is 0 Å². The maximum Gasteiger partial charge on any atom is 0.407 e. The van der Waals surface area contributed by atoms with Crippen LogP contribution in [0.1, 0.15) is 51.6 Å². The van der Waals surface area contributed by atoms with Crippen molar-refractivity contribution in [3.63, 3.8) is 0 Å². The molecule has 2 aliphatic rings. The summed E-state index contributed by atoms with van der Waals surface area (Å²) in [5.41, 5.74) is 0.710. The first-order valence-corrected chi connectivity index (χ1v) is 9.76. The van der Waals surface area contributed by atoms with Crippen molar-refractivity contribution in [1.29, 1.82) is 0 Å². The maximum absolute atomic E-state index is 12.0. The van der Waals surface area contributed by atoms with Gasteiger partial charge in [0, 0.05) is 35.1 Å². The number of halogens is 1. The van der Waals surface area contributed by atoms with E-state index < -0.39 is 5.60 Å². The third kappa shape index (κ3) is 5.35. The molecular formula is C19H27BrN2O3. The van der Waals surface area contributed by atoms with Crippen LogP contribution in [0.25, 0.3) is 0 Å². The number of carbonyl (C=O) groups excluding carboxylic acids is 1. The van der Waals surface area contributed by atoms with Gasteiger partial charge in [0.1, 0.15) is 11.4 Å². The van der Waals surface area contributed by atoms with Crippen molar-refractivity contribution in [2.24, 2.45) is 5.92 Å². The van der Waals surface area contributed by atoms with Gasteiger partial charge in [-0.3, -0.25) is 0 Å². The standard InChI is InChI=1S/C19H27BrN2O3/c1-19(2,3)25-18(23)21-11-16(12-4-5-12)22-15-8-9-24-17-7-6-13(20)10-14(15)17/h6-7,10,12,15-16,22H,4-5,8-9,11H2,1-3H3,(H,21,23). The summed E-state index contributed by atoms with van der Waals surface area (Å²) < 4.78 is 12.2. The van der Waals surface area contributed by atoms with E-state index in [1.807, 2.05) is 32.9 Å². The molecule has 1 aliphatic heterocycles. The highest BCUT2D eigenvalue weighted by Gasteiger charge is 2.34. The molecule has 0 radical (unpaired) electrons. The minimum absolute atomic E-state index is 0.243. The van der Waals surface area contributed by atoms with E-state index in [1.165, 1.54) is 18.4 Å². The van der Waals surface area contributed by atoms with Crippen LogP contribution in [0.4, 0.5) is 4.79 Å². The van der Waals surface area contributed by atoms with E-state index >= 15 is 0 Å². The zero-order chi connectivity index (χ0) is 18.0. The second-order valence-corrected chi connectivity index (χ2v) is 8.78. The lowest BCUT2D eigenvalue weighted by molar-refractivity contribution is 0.0519. The van der Waals surface area contributed by atoms with Crippen LogP contribution in [0.2, 0.25) is 0 Å². The van der Waals surface area contributed by atoms with E-state index in [4.69, 9.17) is 9.47 Å². The summed E-state index contributed by atoms with van der Waals surface area (Å²) in [5, 5.41) is 6.67. The number of benzene rings is 1. The Balaban J connectivity index is 1.62. The molecule has 1 fully saturated rings. The average molecular weight is 411 g/mol. The average Bonchev–Trinajstić information content (AvgIpc) is 3.34. The van der Waals surface area contributed by atoms with Gasteiger partial charge in [0.15, 0.2) is 0 Å². The zero-order valence-corrected chi connectivity index (χ0v) is 16.7. The Bertz CT molecular complexity index is 626. The highest BCUT2D eigenvalue weighted by molar-refractivity contribution is 9.10. The van der Waals surface area contributed by atoms with Crippen molar-refractivity contribution >= 4 is 22.0 Å². The van der Waals surface area contributed by atoms with Crippen LogP contribution in [0.3, 0.4) is 0 Å². The fraction of sp³-hybridized carbons (Fsp3) is 0.632. The fourth-order valence-electron chi connectivity index (χ4n) is 3.16. The maximum atomic E-state index is 12.0. The first-order chi connectivity index (χ1) is 11.8. The van der Waals surface area contributed by atoms with Crippen LogP contribution in [-0.2, 0) is 4.74 Å². The Morgan fingerprint density at radius 1 is 1.36 bits per heavy atom. The molecule has 1 saturated carbocycles. The van der Waals surface area contributed by atoms with Crippen molar-refractivity contribution in [2.45, 2.75) is 57.7 Å². The van der Waals surface area contributed by atoms with Crippen molar-refractivity contribution in [2.75, 3.05) is 13.2 Å². The highest BCUT2D eigenvalue weighted by Crippen LogP contribution is 2.38. The summed E-state index contributed by atoms with van der Waals surface area (Å²) in [7, 11) is 0. The quantitative estimate of drug-likeness (QED) is 0.764. The molecule has 5 nitrogen and oxygen atoms in total. The Kier molecular flexibility index (Phi) is 5.58. The minimum atomic E-state index is -0.474. The van der Waals surface area contributed by atoms with E-state index in [0.717, 1.165) is 16.6 Å². The van der Waals surface area contributed by atoms with E-state index in [0.29, 0.717) is 19.1 Å². The molecule has 2 N–H and O–H groups in total. The van der Waals surface area contributed by atoms with Crippen LogP contribution in [0.5, 0.6) is 5.75 Å². The predicted octanol–water partition coefficient (Wildman–Crippen LogP) is 4.17. The lowest BCUT2D eigenvalue weighted by atomic mass is 9.98. The Labute approximate surface area is 158 Å². The molecule has 1 aromatic carbocycles. The summed E-state index contributed by atoms with van der Waals surface area (Å²) in [6, 6.07) is 6.63. The number of nitrogens with one attached hydrogen (secondary N) is 2. The molecule has 6 heteroatoms. The van der Waals surface area contributed by atoms with Gasteiger partial charge < -0.3 is 20.1 Å². The molecule has 3 rings (SSSR count). The Hall–Kier alpha value is -1.27. The number of hydrogen-bond donors (Lipinski definition) is 2. The number of hydrogen-bond acceptors (Lipinski definition) is 4. The minimum Gasteiger partial charge on any atom is -0.493 e. The smallest absolute Gasteiger partial charge is 0.407 e. The molecule has 2 unspecified atom stereocenters. The molecule has 0 spiro atoms. The van der Waals surface area contributed by atoms with Gasteiger partial charge in [0.05, 0.1) is 6.61 Å². The first kappa shape index (κ1) is 18.5. The summed E-state index contributed by atoms with van der Waals surface area (Å²) in [6.45, 7) is 6.92. The number of alkyl carbamates (subject to hydrolysis) is 1. The normalized spacial score (nSPS) is 21.0. The summed E-state index contributed by atoms with van der Waals surface area (Å²) >= 11 is 3.55. The molecule has 1 aliphatic carbocycles. The topological polar surface area (TPSA) is 59.6 Å². The Morgan fingerprint density at radius 2 is 2.12 bits per heavy atom. The number of fused-ring (bicyclic) bond motifs is 1. The molecule has 0 bridgehead atoms. The van der Waals surface area contributed by atoms with Crippen LogP contribution >= 0.6 is 15.9 Å². The van der Waals surface area contributed by atoms with Crippen molar-refractivity contribution in [3.05, 3.63) is 28.2 Å². The molecule has 0 saturated heterocycles. The van der Waals surface area contributed by atoms with E-state index in [1.54, 1.807) is 0 Å². The Morgan fingerprint density at radius 3 is 2.80 bits per heavy atom. The lowest BCUT2D eigenvalue weighted by Crippen LogP contribution is -2.45. The van der Waals surface area contributed by atoms with Crippen LogP contribution in [-0.4, -0.2) is 30.9 Å². The molecular weight excluding hydrogens is 384 g/mol. The molecule has 1 amide bonds. The zero-order valence-electron chi connectivity index (χ0n) is 15.1. The van der Waals surface area contributed by atoms with Crippen LogP contribution in [0, 0.1) is 5.92 Å². The van der Waals surface area contributed by atoms with Crippen molar-refractivity contribution < 1.29 is 14.3 Å². The van der Waals surface area contributed by atoms with Gasteiger partial charge >= 0.3 is 6.09 Å². The number of carbonyl (C=O) groups is 1. The van der Waals surface area contributed by atoms with Crippen molar-refractivity contribution in [3.8, 4) is 5.75 Å². The van der Waals surface area contributed by atoms with Gasteiger partial charge in [-0.25, -0.2) is 4.79 Å². The number of amides is 1. The van der Waals surface area contributed by atoms with Crippen LogP contribution in [0.15, 0.2) is 22.7 Å². The third-order valence-corrected chi connectivity index (χ3v) is 4.98. The van der Waals surface area contributed by atoms with E-state index in [9.17, 15) is 4.79 Å². The van der Waals surface area contributed by atoms with Gasteiger partial charge in [-0.2, -0.15) is 0 Å². The molecule has 25 heavy (non-hydrogen) atoms. The van der Waals surface area contributed by atoms with E-state index in [2.05, 4.69) is 32.6 Å². The predicted molar refractivity (Wildman–Crippen MR) is 101 cm³/mol. The third-order valence-electron chi connectivity index (χ3n) is 4.48. The van der Waals surface area contributed by atoms with Gasteiger partial charge in [0.25, 0.3) is 0 Å². The van der Waals surface area contributed by atoms with Gasteiger partial charge in [-0.1, -0.05) is 15.9 Å². The molecule has 2 atom stereocenters. The van der Waals surface area contributed by atoms with E-state index in [-0.39, 0.29) is 18.2 Å². The fourth-order valence-corrected chi connectivity index (χ4v) is 3.54. The molecule has 1 heterocycles. The van der Waals surface area contributed by atoms with Crippen molar-refractivity contribution in [1.82, 2.24) is 10.6 Å². The lowest BCUT2D eigenvalue weighted by Gasteiger charge is -2.31. The number of rotatable bonds is 5. The molecule has 0 aromatic heterocycles. The first-order valence-electron chi connectivity index (χ1n) is 8.97. The van der Waals surface area contributed by atoms with Crippen LogP contribution < -0.4 is 15.4 Å². The van der Waals surface area contributed by atoms with Gasteiger partial charge in [-0.05, 0) is 57.7 Å². The second kappa shape index (κ2) is 7.54. The van der Waals surface area contributed by atoms with Gasteiger partial charge in [0.2, 0.25) is 0 Å². The summed E-state index contributed by atoms with van der Waals surface area (Å²) in [4.78, 5) is 12.0. The monoisotopic (exact) mass is 410 g/mol. The molecule has 1 aromatic rings.